The Bertz CT molecular complexity index is 1110. The van der Waals surface area contributed by atoms with E-state index in [1.54, 1.807) is 27.4 Å². The molecule has 154 valence electrons. The summed E-state index contributed by atoms with van der Waals surface area (Å²) in [4.78, 5) is 20.9. The Kier molecular flexibility index (Phi) is 5.78. The predicted octanol–water partition coefficient (Wildman–Crippen LogP) is 3.89. The van der Waals surface area contributed by atoms with Crippen LogP contribution in [0.1, 0.15) is 28.6 Å². The van der Waals surface area contributed by atoms with Crippen LogP contribution < -0.4 is 0 Å². The second-order valence-electron chi connectivity index (χ2n) is 7.19. The van der Waals surface area contributed by atoms with Crippen molar-refractivity contribution in [3.05, 3.63) is 51.7 Å². The van der Waals surface area contributed by atoms with Crippen LogP contribution in [0.2, 0.25) is 0 Å². The molecular formula is C20H20N6OS3. The number of carbonyl (C=O) groups excluding carboxylic acids is 1. The number of piperidine rings is 1. The molecule has 1 amide bonds. The molecule has 4 aromatic rings. The van der Waals surface area contributed by atoms with Gasteiger partial charge < -0.3 is 4.90 Å². The van der Waals surface area contributed by atoms with Gasteiger partial charge in [-0.2, -0.15) is 0 Å². The first-order valence-electron chi connectivity index (χ1n) is 9.81. The maximum absolute atomic E-state index is 12.9. The third kappa shape index (κ3) is 4.26. The normalized spacial score (nSPS) is 16.9. The van der Waals surface area contributed by atoms with Crippen molar-refractivity contribution in [3.63, 3.8) is 0 Å². The Hall–Kier alpha value is -2.30. The molecular weight excluding hydrogens is 436 g/mol. The third-order valence-electron chi connectivity index (χ3n) is 5.14. The average Bonchev–Trinajstić information content (AvgIpc) is 3.53. The van der Waals surface area contributed by atoms with Crippen molar-refractivity contribution in [1.29, 1.82) is 0 Å². The highest BCUT2D eigenvalue weighted by Gasteiger charge is 2.27. The molecule has 0 N–H and O–H groups in total. The number of hydrogen-bond donors (Lipinski definition) is 0. The summed E-state index contributed by atoms with van der Waals surface area (Å²) in [5, 5.41) is 15.8. The molecule has 1 unspecified atom stereocenters. The van der Waals surface area contributed by atoms with Gasteiger partial charge in [-0.3, -0.25) is 4.79 Å². The van der Waals surface area contributed by atoms with Gasteiger partial charge in [-0.1, -0.05) is 30.0 Å². The van der Waals surface area contributed by atoms with E-state index in [-0.39, 0.29) is 5.91 Å². The van der Waals surface area contributed by atoms with Gasteiger partial charge in [-0.25, -0.2) is 9.67 Å². The first-order valence-corrected chi connectivity index (χ1v) is 12.5. The van der Waals surface area contributed by atoms with Crippen LogP contribution in [-0.4, -0.2) is 54.8 Å². The van der Waals surface area contributed by atoms with Crippen molar-refractivity contribution in [1.82, 2.24) is 30.1 Å². The predicted molar refractivity (Wildman–Crippen MR) is 120 cm³/mol. The summed E-state index contributed by atoms with van der Waals surface area (Å²) >= 11 is 4.83. The number of thioether (sulfide) groups is 1. The van der Waals surface area contributed by atoms with Crippen LogP contribution in [-0.2, 0) is 11.3 Å². The summed E-state index contributed by atoms with van der Waals surface area (Å²) in [5.41, 5.74) is 1.05. The molecule has 1 aromatic carbocycles. The van der Waals surface area contributed by atoms with E-state index in [1.807, 2.05) is 28.5 Å². The molecule has 0 saturated carbocycles. The summed E-state index contributed by atoms with van der Waals surface area (Å²) in [5.74, 6) is 0.794. The number of aromatic nitrogens is 5. The van der Waals surface area contributed by atoms with Gasteiger partial charge in [0.15, 0.2) is 0 Å². The minimum Gasteiger partial charge on any atom is -0.341 e. The molecule has 1 atom stereocenters. The lowest BCUT2D eigenvalue weighted by Gasteiger charge is -2.31. The number of fused-ring (bicyclic) bond motifs is 1. The van der Waals surface area contributed by atoms with Gasteiger partial charge in [0.1, 0.15) is 0 Å². The zero-order valence-electron chi connectivity index (χ0n) is 16.2. The topological polar surface area (TPSA) is 76.8 Å². The van der Waals surface area contributed by atoms with E-state index in [1.165, 1.54) is 21.3 Å². The monoisotopic (exact) mass is 456 g/mol. The van der Waals surface area contributed by atoms with Crippen LogP contribution in [0.4, 0.5) is 0 Å². The van der Waals surface area contributed by atoms with E-state index in [9.17, 15) is 4.79 Å². The minimum atomic E-state index is 0.136. The van der Waals surface area contributed by atoms with E-state index in [0.29, 0.717) is 23.4 Å². The van der Waals surface area contributed by atoms with Crippen LogP contribution in [0.15, 0.2) is 46.9 Å². The fraction of sp³-hybridized carbons (Fsp3) is 0.350. The molecule has 3 aromatic heterocycles. The van der Waals surface area contributed by atoms with Gasteiger partial charge in [0, 0.05) is 23.9 Å². The smallest absolute Gasteiger partial charge is 0.233 e. The molecule has 1 aliphatic rings. The van der Waals surface area contributed by atoms with Crippen molar-refractivity contribution < 1.29 is 4.79 Å². The number of rotatable bonds is 6. The number of amides is 1. The Labute approximate surface area is 186 Å². The van der Waals surface area contributed by atoms with Crippen LogP contribution in [0.25, 0.3) is 10.2 Å². The minimum absolute atomic E-state index is 0.136. The molecule has 7 nitrogen and oxygen atoms in total. The lowest BCUT2D eigenvalue weighted by molar-refractivity contribution is -0.129. The summed E-state index contributed by atoms with van der Waals surface area (Å²) in [6, 6.07) is 12.3. The molecule has 10 heteroatoms. The van der Waals surface area contributed by atoms with E-state index in [0.717, 1.165) is 36.5 Å². The molecule has 30 heavy (non-hydrogen) atoms. The average molecular weight is 457 g/mol. The Balaban J connectivity index is 1.21. The molecule has 1 fully saturated rings. The first-order chi connectivity index (χ1) is 14.8. The molecule has 5 rings (SSSR count). The van der Waals surface area contributed by atoms with Crippen molar-refractivity contribution in [2.45, 2.75) is 30.5 Å². The summed E-state index contributed by atoms with van der Waals surface area (Å²) < 4.78 is 2.97. The standard InChI is InChI=1S/C20H20N6OS3/c27-18(13-29-20-22-23-24-26(20)12-15-6-4-10-28-15)25-9-3-5-14(11-25)19-21-16-7-1-2-8-17(16)30-19/h1-2,4,6-8,10,14H,3,5,9,11-13H2. The van der Waals surface area contributed by atoms with Gasteiger partial charge >= 0.3 is 0 Å². The fourth-order valence-corrected chi connectivity index (χ4v) is 6.20. The molecule has 0 aliphatic carbocycles. The molecule has 0 spiro atoms. The fourth-order valence-electron chi connectivity index (χ4n) is 3.64. The maximum atomic E-state index is 12.9. The van der Waals surface area contributed by atoms with Crippen LogP contribution in [0.5, 0.6) is 0 Å². The van der Waals surface area contributed by atoms with Gasteiger partial charge in [-0.15, -0.1) is 27.8 Å². The number of hydrogen-bond acceptors (Lipinski definition) is 8. The highest BCUT2D eigenvalue weighted by Crippen LogP contribution is 2.33. The molecule has 0 radical (unpaired) electrons. The number of likely N-dealkylation sites (tertiary alicyclic amines) is 1. The largest absolute Gasteiger partial charge is 0.341 e. The van der Waals surface area contributed by atoms with Gasteiger partial charge in [0.05, 0.1) is 27.5 Å². The second kappa shape index (κ2) is 8.83. The third-order valence-corrected chi connectivity index (χ3v) is 8.15. The lowest BCUT2D eigenvalue weighted by Crippen LogP contribution is -2.40. The Morgan fingerprint density at radius 3 is 3.03 bits per heavy atom. The van der Waals surface area contributed by atoms with Gasteiger partial charge in [-0.05, 0) is 46.8 Å². The molecule has 1 saturated heterocycles. The van der Waals surface area contributed by atoms with Gasteiger partial charge in [0.25, 0.3) is 0 Å². The number of thiazole rings is 1. The number of carbonyl (C=O) groups is 1. The molecule has 1 aliphatic heterocycles. The zero-order valence-corrected chi connectivity index (χ0v) is 18.6. The Morgan fingerprint density at radius 1 is 1.23 bits per heavy atom. The number of nitrogens with zero attached hydrogens (tertiary/aromatic N) is 6. The summed E-state index contributed by atoms with van der Waals surface area (Å²) in [6.07, 6.45) is 2.09. The highest BCUT2D eigenvalue weighted by molar-refractivity contribution is 7.99. The van der Waals surface area contributed by atoms with Crippen molar-refractivity contribution in [2.24, 2.45) is 0 Å². The van der Waals surface area contributed by atoms with Crippen LogP contribution in [0.3, 0.4) is 0 Å². The Morgan fingerprint density at radius 2 is 2.17 bits per heavy atom. The number of tetrazole rings is 1. The SMILES string of the molecule is O=C(CSc1nnnn1Cc1cccs1)N1CCCC(c2nc3ccccc3s2)C1. The molecule has 4 heterocycles. The number of benzene rings is 1. The van der Waals surface area contributed by atoms with E-state index < -0.39 is 0 Å². The first kappa shape index (κ1) is 19.7. The van der Waals surface area contributed by atoms with Crippen molar-refractivity contribution in [3.8, 4) is 0 Å². The quantitative estimate of drug-likeness (QED) is 0.410. The lowest BCUT2D eigenvalue weighted by atomic mass is 9.99. The summed E-state index contributed by atoms with van der Waals surface area (Å²) in [6.45, 7) is 2.17. The van der Waals surface area contributed by atoms with E-state index in [4.69, 9.17) is 4.98 Å². The van der Waals surface area contributed by atoms with E-state index >= 15 is 0 Å². The number of para-hydroxylation sites is 1. The molecule has 0 bridgehead atoms. The van der Waals surface area contributed by atoms with Crippen molar-refractivity contribution in [2.75, 3.05) is 18.8 Å². The maximum Gasteiger partial charge on any atom is 0.233 e. The van der Waals surface area contributed by atoms with E-state index in [2.05, 4.69) is 33.7 Å². The van der Waals surface area contributed by atoms with Gasteiger partial charge in [0.2, 0.25) is 11.1 Å². The number of thiophene rings is 1. The highest BCUT2D eigenvalue weighted by atomic mass is 32.2. The van der Waals surface area contributed by atoms with Crippen molar-refractivity contribution >= 4 is 50.6 Å². The van der Waals surface area contributed by atoms with Crippen LogP contribution in [0, 0.1) is 0 Å². The van der Waals surface area contributed by atoms with Crippen LogP contribution >= 0.6 is 34.4 Å². The second-order valence-corrected chi connectivity index (χ2v) is 10.2. The zero-order chi connectivity index (χ0) is 20.3. The summed E-state index contributed by atoms with van der Waals surface area (Å²) in [7, 11) is 0.